The summed E-state index contributed by atoms with van der Waals surface area (Å²) in [5.41, 5.74) is 0. The van der Waals surface area contributed by atoms with E-state index in [1.807, 2.05) is 23.6 Å². The first-order chi connectivity index (χ1) is 9.56. The van der Waals surface area contributed by atoms with Gasteiger partial charge in [0.1, 0.15) is 0 Å². The molecule has 1 aliphatic rings. The number of urea groups is 1. The SMILES string of the molecule is CCO[C@@H](CCNC(=O)N1CCSCC[C@H]1C)C(C)C. The largest absolute Gasteiger partial charge is 0.378 e. The number of amides is 2. The molecule has 2 amide bonds. The molecule has 0 bridgehead atoms. The Morgan fingerprint density at radius 1 is 1.45 bits per heavy atom. The molecule has 1 aliphatic heterocycles. The van der Waals surface area contributed by atoms with Crippen molar-refractivity contribution in [3.05, 3.63) is 0 Å². The zero-order valence-corrected chi connectivity index (χ0v) is 14.2. The van der Waals surface area contributed by atoms with Gasteiger partial charge in [0.25, 0.3) is 0 Å². The van der Waals surface area contributed by atoms with E-state index in [9.17, 15) is 4.79 Å². The molecule has 1 fully saturated rings. The third-order valence-corrected chi connectivity index (χ3v) is 4.77. The maximum atomic E-state index is 12.2. The lowest BCUT2D eigenvalue weighted by Crippen LogP contribution is -2.46. The zero-order chi connectivity index (χ0) is 15.0. The van der Waals surface area contributed by atoms with Gasteiger partial charge in [-0.3, -0.25) is 0 Å². The Bertz CT molecular complexity index is 287. The molecule has 20 heavy (non-hydrogen) atoms. The minimum absolute atomic E-state index is 0.0824. The molecule has 0 unspecified atom stereocenters. The predicted octanol–water partition coefficient (Wildman–Crippen LogP) is 2.97. The quantitative estimate of drug-likeness (QED) is 0.820. The predicted molar refractivity (Wildman–Crippen MR) is 86.4 cm³/mol. The van der Waals surface area contributed by atoms with Crippen LogP contribution in [0.2, 0.25) is 0 Å². The Morgan fingerprint density at radius 2 is 2.20 bits per heavy atom. The molecule has 0 aliphatic carbocycles. The third kappa shape index (κ3) is 5.92. The van der Waals surface area contributed by atoms with E-state index in [1.54, 1.807) is 0 Å². The minimum atomic E-state index is 0.0824. The molecule has 0 spiro atoms. The number of nitrogens with one attached hydrogen (secondary N) is 1. The van der Waals surface area contributed by atoms with Gasteiger partial charge in [-0.2, -0.15) is 11.8 Å². The normalized spacial score (nSPS) is 21.6. The second-order valence-electron chi connectivity index (χ2n) is 5.70. The highest BCUT2D eigenvalue weighted by atomic mass is 32.2. The monoisotopic (exact) mass is 302 g/mol. The molecule has 0 aromatic heterocycles. The van der Waals surface area contributed by atoms with E-state index in [0.29, 0.717) is 18.5 Å². The number of thioether (sulfide) groups is 1. The summed E-state index contributed by atoms with van der Waals surface area (Å²) in [5, 5.41) is 3.05. The fraction of sp³-hybridized carbons (Fsp3) is 0.933. The van der Waals surface area contributed by atoms with E-state index in [2.05, 4.69) is 26.1 Å². The minimum Gasteiger partial charge on any atom is -0.378 e. The van der Waals surface area contributed by atoms with E-state index < -0.39 is 0 Å². The molecular formula is C15H30N2O2S. The zero-order valence-electron chi connectivity index (χ0n) is 13.4. The van der Waals surface area contributed by atoms with Gasteiger partial charge in [-0.15, -0.1) is 0 Å². The maximum absolute atomic E-state index is 12.2. The number of nitrogens with zero attached hydrogens (tertiary/aromatic N) is 1. The van der Waals surface area contributed by atoms with Crippen molar-refractivity contribution in [1.82, 2.24) is 10.2 Å². The van der Waals surface area contributed by atoms with Crippen molar-refractivity contribution in [3.8, 4) is 0 Å². The number of rotatable bonds is 6. The molecular weight excluding hydrogens is 272 g/mol. The Morgan fingerprint density at radius 3 is 2.85 bits per heavy atom. The van der Waals surface area contributed by atoms with E-state index in [-0.39, 0.29) is 12.1 Å². The van der Waals surface area contributed by atoms with Crippen LogP contribution in [0.1, 0.15) is 40.5 Å². The Balaban J connectivity index is 2.34. The summed E-state index contributed by atoms with van der Waals surface area (Å²) < 4.78 is 5.70. The third-order valence-electron chi connectivity index (χ3n) is 3.78. The number of ether oxygens (including phenoxy) is 1. The van der Waals surface area contributed by atoms with Crippen molar-refractivity contribution in [2.75, 3.05) is 31.2 Å². The lowest BCUT2D eigenvalue weighted by molar-refractivity contribution is 0.0253. The molecule has 0 saturated carbocycles. The second kappa shape index (κ2) is 9.50. The van der Waals surface area contributed by atoms with E-state index in [0.717, 1.165) is 37.5 Å². The van der Waals surface area contributed by atoms with Crippen LogP contribution >= 0.6 is 11.8 Å². The lowest BCUT2D eigenvalue weighted by atomic mass is 10.0. The summed E-state index contributed by atoms with van der Waals surface area (Å²) in [6, 6.07) is 0.428. The van der Waals surface area contributed by atoms with Crippen LogP contribution in [0.5, 0.6) is 0 Å². The van der Waals surface area contributed by atoms with Crippen LogP contribution in [0.15, 0.2) is 0 Å². The second-order valence-corrected chi connectivity index (χ2v) is 6.93. The van der Waals surface area contributed by atoms with Crippen LogP contribution < -0.4 is 5.32 Å². The van der Waals surface area contributed by atoms with Crippen molar-refractivity contribution >= 4 is 17.8 Å². The van der Waals surface area contributed by atoms with Crippen LogP contribution in [0, 0.1) is 5.92 Å². The van der Waals surface area contributed by atoms with Crippen LogP contribution in [-0.2, 0) is 4.74 Å². The number of carbonyl (C=O) groups is 1. The van der Waals surface area contributed by atoms with Gasteiger partial charge < -0.3 is 15.0 Å². The van der Waals surface area contributed by atoms with Gasteiger partial charge in [-0.25, -0.2) is 4.79 Å². The smallest absolute Gasteiger partial charge is 0.317 e. The Labute approximate surface area is 128 Å². The average Bonchev–Trinajstić information content (AvgIpc) is 2.62. The summed E-state index contributed by atoms with van der Waals surface area (Å²) in [4.78, 5) is 14.2. The molecule has 1 heterocycles. The highest BCUT2D eigenvalue weighted by Gasteiger charge is 2.22. The Kier molecular flexibility index (Phi) is 8.38. The summed E-state index contributed by atoms with van der Waals surface area (Å²) in [5.74, 6) is 2.69. The number of hydrogen-bond acceptors (Lipinski definition) is 3. The highest BCUT2D eigenvalue weighted by Crippen LogP contribution is 2.16. The van der Waals surface area contributed by atoms with E-state index in [4.69, 9.17) is 4.74 Å². The molecule has 0 aromatic carbocycles. The molecule has 5 heteroatoms. The van der Waals surface area contributed by atoms with Gasteiger partial charge in [0.15, 0.2) is 0 Å². The van der Waals surface area contributed by atoms with Crippen LogP contribution in [0.25, 0.3) is 0 Å². The topological polar surface area (TPSA) is 41.6 Å². The molecule has 1 N–H and O–H groups in total. The molecule has 1 rings (SSSR count). The Hall–Kier alpha value is -0.420. The summed E-state index contributed by atoms with van der Waals surface area (Å²) in [6.45, 7) is 10.8. The van der Waals surface area contributed by atoms with Gasteiger partial charge in [0, 0.05) is 31.5 Å². The lowest BCUT2D eigenvalue weighted by Gasteiger charge is -2.28. The maximum Gasteiger partial charge on any atom is 0.317 e. The molecule has 2 atom stereocenters. The molecule has 4 nitrogen and oxygen atoms in total. The van der Waals surface area contributed by atoms with Crippen molar-refractivity contribution in [2.24, 2.45) is 5.92 Å². The van der Waals surface area contributed by atoms with Gasteiger partial charge in [-0.05, 0) is 38.4 Å². The van der Waals surface area contributed by atoms with Gasteiger partial charge >= 0.3 is 6.03 Å². The molecule has 118 valence electrons. The standard InChI is InChI=1S/C15H30N2O2S/c1-5-19-14(12(2)3)6-8-16-15(18)17-9-11-20-10-7-13(17)4/h12-14H,5-11H2,1-4H3,(H,16,18)/t13-,14+/m1/s1. The fourth-order valence-corrected chi connectivity index (χ4v) is 3.48. The van der Waals surface area contributed by atoms with Crippen molar-refractivity contribution in [2.45, 2.75) is 52.7 Å². The number of carbonyl (C=O) groups excluding carboxylic acids is 1. The van der Waals surface area contributed by atoms with Gasteiger partial charge in [0.05, 0.1) is 6.10 Å². The number of hydrogen-bond donors (Lipinski definition) is 1. The van der Waals surface area contributed by atoms with Crippen molar-refractivity contribution < 1.29 is 9.53 Å². The first-order valence-electron chi connectivity index (χ1n) is 7.80. The van der Waals surface area contributed by atoms with Gasteiger partial charge in [-0.1, -0.05) is 13.8 Å². The first kappa shape index (κ1) is 17.6. The highest BCUT2D eigenvalue weighted by molar-refractivity contribution is 7.99. The van der Waals surface area contributed by atoms with Crippen LogP contribution in [0.4, 0.5) is 4.79 Å². The molecule has 0 radical (unpaired) electrons. The van der Waals surface area contributed by atoms with Crippen molar-refractivity contribution in [1.29, 1.82) is 0 Å². The van der Waals surface area contributed by atoms with Gasteiger partial charge in [0.2, 0.25) is 0 Å². The summed E-state index contributed by atoms with van der Waals surface area (Å²) >= 11 is 1.94. The average molecular weight is 302 g/mol. The first-order valence-corrected chi connectivity index (χ1v) is 8.95. The summed E-state index contributed by atoms with van der Waals surface area (Å²) in [7, 11) is 0. The van der Waals surface area contributed by atoms with E-state index in [1.165, 1.54) is 0 Å². The summed E-state index contributed by atoms with van der Waals surface area (Å²) in [6.07, 6.45) is 2.21. The molecule has 0 aromatic rings. The van der Waals surface area contributed by atoms with Crippen molar-refractivity contribution in [3.63, 3.8) is 0 Å². The fourth-order valence-electron chi connectivity index (χ4n) is 2.44. The van der Waals surface area contributed by atoms with E-state index >= 15 is 0 Å². The molecule has 1 saturated heterocycles. The van der Waals surface area contributed by atoms with Crippen LogP contribution in [-0.4, -0.2) is 54.3 Å². The van der Waals surface area contributed by atoms with Crippen LogP contribution in [0.3, 0.4) is 0 Å².